The summed E-state index contributed by atoms with van der Waals surface area (Å²) in [5, 5.41) is 6.13. The molecule has 8 heteroatoms. The van der Waals surface area contributed by atoms with Gasteiger partial charge in [0.05, 0.1) is 21.9 Å². The Morgan fingerprint density at radius 1 is 0.750 bits per heavy atom. The van der Waals surface area contributed by atoms with Gasteiger partial charge < -0.3 is 0 Å². The average molecular weight is 313 g/mol. The van der Waals surface area contributed by atoms with Gasteiger partial charge in [-0.15, -0.1) is 9.81 Å². The van der Waals surface area contributed by atoms with E-state index in [1.54, 1.807) is 48.5 Å². The van der Waals surface area contributed by atoms with Gasteiger partial charge in [0.2, 0.25) is 0 Å². The van der Waals surface area contributed by atoms with Crippen molar-refractivity contribution in [2.45, 2.75) is 0 Å². The standard InChI is InChI=1S/2C6H5ClN2O/c2*7-5-2-1-3-6(4-5)8-9-10/h2*1-4H,(H,8,10). The predicted molar refractivity (Wildman–Crippen MR) is 81.7 cm³/mol. The molecule has 20 heavy (non-hydrogen) atoms. The van der Waals surface area contributed by atoms with E-state index in [1.165, 1.54) is 0 Å². The van der Waals surface area contributed by atoms with E-state index in [2.05, 4.69) is 21.4 Å². The molecular formula is C12H10Cl2N4O2. The summed E-state index contributed by atoms with van der Waals surface area (Å²) in [4.78, 5) is 19.4. The van der Waals surface area contributed by atoms with Gasteiger partial charge in [0.25, 0.3) is 0 Å². The van der Waals surface area contributed by atoms with Crippen molar-refractivity contribution in [3.63, 3.8) is 0 Å². The minimum absolute atomic E-state index is 0.577. The highest BCUT2D eigenvalue weighted by Gasteiger charge is 1.90. The number of nitrogens with one attached hydrogen (secondary N) is 2. The van der Waals surface area contributed by atoms with Gasteiger partial charge in [0, 0.05) is 10.0 Å². The van der Waals surface area contributed by atoms with Crippen LogP contribution in [0.3, 0.4) is 0 Å². The summed E-state index contributed by atoms with van der Waals surface area (Å²) in [6.07, 6.45) is 0. The van der Waals surface area contributed by atoms with Crippen LogP contribution in [0.25, 0.3) is 0 Å². The summed E-state index contributed by atoms with van der Waals surface area (Å²) in [5.74, 6) is 0. The highest BCUT2D eigenvalue weighted by Crippen LogP contribution is 2.15. The number of hydrogen-bond donors (Lipinski definition) is 2. The normalized spacial score (nSPS) is 8.90. The molecule has 0 amide bonds. The van der Waals surface area contributed by atoms with Crippen LogP contribution in [-0.2, 0) is 0 Å². The number of nitrogens with zero attached hydrogens (tertiary/aromatic N) is 2. The Morgan fingerprint density at radius 2 is 1.15 bits per heavy atom. The molecule has 0 aliphatic carbocycles. The molecule has 0 aliphatic heterocycles. The fraction of sp³-hybridized carbons (Fsp3) is 0. The van der Waals surface area contributed by atoms with Crippen LogP contribution in [0.5, 0.6) is 0 Å². The quantitative estimate of drug-likeness (QED) is 0.623. The van der Waals surface area contributed by atoms with Gasteiger partial charge in [0.15, 0.2) is 0 Å². The van der Waals surface area contributed by atoms with E-state index in [0.717, 1.165) is 0 Å². The third kappa shape index (κ3) is 6.12. The van der Waals surface area contributed by atoms with E-state index < -0.39 is 0 Å². The van der Waals surface area contributed by atoms with Crippen LogP contribution < -0.4 is 10.9 Å². The number of halogens is 2. The van der Waals surface area contributed by atoms with Crippen LogP contribution >= 0.6 is 23.2 Å². The number of nitroso groups, excluding NO2 is 2. The zero-order valence-corrected chi connectivity index (χ0v) is 11.6. The summed E-state index contributed by atoms with van der Waals surface area (Å²) >= 11 is 11.2. The molecule has 2 aromatic carbocycles. The SMILES string of the molecule is O=NNc1cccc(Cl)c1.O=NNc1cccc(Cl)c1. The van der Waals surface area contributed by atoms with Gasteiger partial charge in [-0.3, -0.25) is 0 Å². The van der Waals surface area contributed by atoms with Crippen molar-refractivity contribution in [2.24, 2.45) is 10.6 Å². The number of rotatable bonds is 4. The van der Waals surface area contributed by atoms with Crippen molar-refractivity contribution in [2.75, 3.05) is 10.9 Å². The lowest BCUT2D eigenvalue weighted by Crippen LogP contribution is -1.83. The molecule has 0 bridgehead atoms. The molecule has 2 rings (SSSR count). The maximum Gasteiger partial charge on any atom is 0.0608 e. The molecule has 0 atom stereocenters. The highest BCUT2D eigenvalue weighted by atomic mass is 35.5. The molecule has 0 aliphatic rings. The average Bonchev–Trinajstić information content (AvgIpc) is 2.40. The summed E-state index contributed by atoms with van der Waals surface area (Å²) in [6, 6.07) is 13.5. The molecule has 104 valence electrons. The van der Waals surface area contributed by atoms with Gasteiger partial charge in [-0.2, -0.15) is 0 Å². The summed E-state index contributed by atoms with van der Waals surface area (Å²) in [5.41, 5.74) is 5.67. The molecule has 0 unspecified atom stereocenters. The fourth-order valence-electron chi connectivity index (χ4n) is 1.22. The largest absolute Gasteiger partial charge is 0.242 e. The van der Waals surface area contributed by atoms with Crippen LogP contribution in [0.15, 0.2) is 59.1 Å². The molecule has 0 saturated heterocycles. The fourth-order valence-corrected chi connectivity index (χ4v) is 1.60. The highest BCUT2D eigenvalue weighted by molar-refractivity contribution is 6.31. The summed E-state index contributed by atoms with van der Waals surface area (Å²) in [6.45, 7) is 0. The summed E-state index contributed by atoms with van der Waals surface area (Å²) < 4.78 is 0. The Bertz CT molecular complexity index is 529. The molecule has 2 aromatic rings. The molecule has 0 heterocycles. The Labute approximate surface area is 125 Å². The van der Waals surface area contributed by atoms with E-state index in [0.29, 0.717) is 21.4 Å². The lowest BCUT2D eigenvalue weighted by molar-refractivity contribution is 1.32. The van der Waals surface area contributed by atoms with Crippen molar-refractivity contribution < 1.29 is 0 Å². The maximum atomic E-state index is 9.68. The zero-order valence-electron chi connectivity index (χ0n) is 10.1. The lowest BCUT2D eigenvalue weighted by Gasteiger charge is -1.94. The monoisotopic (exact) mass is 312 g/mol. The van der Waals surface area contributed by atoms with Gasteiger partial charge in [-0.25, -0.2) is 10.9 Å². The topological polar surface area (TPSA) is 82.9 Å². The van der Waals surface area contributed by atoms with Crippen molar-refractivity contribution in [3.05, 3.63) is 68.4 Å². The van der Waals surface area contributed by atoms with Crippen LogP contribution in [0.4, 0.5) is 11.4 Å². The van der Waals surface area contributed by atoms with Gasteiger partial charge in [-0.05, 0) is 36.4 Å². The van der Waals surface area contributed by atoms with Crippen molar-refractivity contribution in [1.29, 1.82) is 0 Å². The first kappa shape index (κ1) is 15.9. The maximum absolute atomic E-state index is 9.68. The minimum atomic E-state index is 0.577. The Kier molecular flexibility index (Phi) is 7.02. The Morgan fingerprint density at radius 3 is 1.45 bits per heavy atom. The number of benzene rings is 2. The second kappa shape index (κ2) is 8.84. The first-order chi connectivity index (χ1) is 9.65. The zero-order chi connectivity index (χ0) is 14.8. The van der Waals surface area contributed by atoms with Gasteiger partial charge >= 0.3 is 0 Å². The van der Waals surface area contributed by atoms with Gasteiger partial charge in [0.1, 0.15) is 0 Å². The van der Waals surface area contributed by atoms with Crippen LogP contribution in [0.2, 0.25) is 10.0 Å². The Hall–Kier alpha value is -2.18. The smallest absolute Gasteiger partial charge is 0.0608 e. The third-order valence-electron chi connectivity index (χ3n) is 2.00. The lowest BCUT2D eigenvalue weighted by atomic mass is 10.3. The molecule has 0 fully saturated rings. The second-order valence-corrected chi connectivity index (χ2v) is 4.30. The molecule has 2 N–H and O–H groups in total. The first-order valence-electron chi connectivity index (χ1n) is 5.33. The van der Waals surface area contributed by atoms with Crippen LogP contribution in [0, 0.1) is 9.81 Å². The molecule has 6 nitrogen and oxygen atoms in total. The number of hydrogen-bond acceptors (Lipinski definition) is 4. The van der Waals surface area contributed by atoms with E-state index in [1.807, 2.05) is 0 Å². The van der Waals surface area contributed by atoms with E-state index in [4.69, 9.17) is 23.2 Å². The van der Waals surface area contributed by atoms with Crippen LogP contribution in [0.1, 0.15) is 0 Å². The van der Waals surface area contributed by atoms with Crippen molar-refractivity contribution >= 4 is 34.6 Å². The number of anilines is 2. The van der Waals surface area contributed by atoms with E-state index >= 15 is 0 Å². The summed E-state index contributed by atoms with van der Waals surface area (Å²) in [7, 11) is 0. The van der Waals surface area contributed by atoms with Crippen molar-refractivity contribution in [3.8, 4) is 0 Å². The van der Waals surface area contributed by atoms with E-state index in [9.17, 15) is 9.81 Å². The molecular weight excluding hydrogens is 303 g/mol. The molecule has 0 saturated carbocycles. The second-order valence-electron chi connectivity index (χ2n) is 3.43. The molecule has 0 radical (unpaired) electrons. The first-order valence-corrected chi connectivity index (χ1v) is 6.09. The van der Waals surface area contributed by atoms with Crippen molar-refractivity contribution in [1.82, 2.24) is 0 Å². The van der Waals surface area contributed by atoms with E-state index in [-0.39, 0.29) is 0 Å². The minimum Gasteiger partial charge on any atom is -0.242 e. The Balaban J connectivity index is 0.000000200. The van der Waals surface area contributed by atoms with Crippen LogP contribution in [-0.4, -0.2) is 0 Å². The predicted octanol–water partition coefficient (Wildman–Crippen LogP) is 4.87. The molecule has 0 aromatic heterocycles. The molecule has 0 spiro atoms. The third-order valence-corrected chi connectivity index (χ3v) is 2.47. The van der Waals surface area contributed by atoms with Gasteiger partial charge in [-0.1, -0.05) is 35.3 Å².